The number of carbonyl (C=O) groups is 1. The van der Waals surface area contributed by atoms with Gasteiger partial charge in [-0.05, 0) is 18.9 Å². The topological polar surface area (TPSA) is 49.3 Å². The third kappa shape index (κ3) is 2.56. The average molecular weight is 247 g/mol. The van der Waals surface area contributed by atoms with E-state index in [-0.39, 0.29) is 5.91 Å². The van der Waals surface area contributed by atoms with Gasteiger partial charge in [0.25, 0.3) is 5.91 Å². The van der Waals surface area contributed by atoms with Gasteiger partial charge >= 0.3 is 0 Å². The molecule has 1 aromatic carbocycles. The minimum absolute atomic E-state index is 0.165. The standard InChI is InChI=1S/C15H21NO2/c1-2-3-4-5-8-11-15(18)13-10-7-6-9-12(13)14(17)16-15/h6-7,9-10,18H,2-5,8,11H2,1H3,(H,16,17). The Kier molecular flexibility index (Phi) is 4.02. The lowest BCUT2D eigenvalue weighted by Gasteiger charge is -2.23. The molecule has 1 amide bonds. The Labute approximate surface area is 108 Å². The summed E-state index contributed by atoms with van der Waals surface area (Å²) >= 11 is 0. The van der Waals surface area contributed by atoms with Crippen molar-refractivity contribution < 1.29 is 9.90 Å². The second-order valence-electron chi connectivity index (χ2n) is 5.02. The Morgan fingerprint density at radius 1 is 1.17 bits per heavy atom. The van der Waals surface area contributed by atoms with Gasteiger partial charge in [0.05, 0.1) is 0 Å². The van der Waals surface area contributed by atoms with Gasteiger partial charge in [0.15, 0.2) is 5.72 Å². The third-order valence-electron chi connectivity index (χ3n) is 3.58. The summed E-state index contributed by atoms with van der Waals surface area (Å²) in [4.78, 5) is 11.7. The predicted molar refractivity (Wildman–Crippen MR) is 71.2 cm³/mol. The van der Waals surface area contributed by atoms with Gasteiger partial charge in [-0.15, -0.1) is 0 Å². The summed E-state index contributed by atoms with van der Waals surface area (Å²) in [6.07, 6.45) is 6.28. The number of aliphatic hydroxyl groups is 1. The molecule has 0 spiro atoms. The molecule has 0 bridgehead atoms. The fraction of sp³-hybridized carbons (Fsp3) is 0.533. The first-order valence-electron chi connectivity index (χ1n) is 6.82. The van der Waals surface area contributed by atoms with Crippen LogP contribution in [0.4, 0.5) is 0 Å². The molecule has 2 rings (SSSR count). The molecule has 1 atom stereocenters. The van der Waals surface area contributed by atoms with Gasteiger partial charge in [0.1, 0.15) is 0 Å². The highest BCUT2D eigenvalue weighted by Gasteiger charge is 2.40. The van der Waals surface area contributed by atoms with Gasteiger partial charge in [-0.25, -0.2) is 0 Å². The van der Waals surface area contributed by atoms with E-state index < -0.39 is 5.72 Å². The Hall–Kier alpha value is -1.35. The van der Waals surface area contributed by atoms with Crippen LogP contribution in [0.5, 0.6) is 0 Å². The van der Waals surface area contributed by atoms with Crippen LogP contribution in [-0.4, -0.2) is 11.0 Å². The van der Waals surface area contributed by atoms with Crippen LogP contribution in [0.2, 0.25) is 0 Å². The number of hydrogen-bond acceptors (Lipinski definition) is 2. The van der Waals surface area contributed by atoms with Crippen molar-refractivity contribution in [3.63, 3.8) is 0 Å². The summed E-state index contributed by atoms with van der Waals surface area (Å²) in [5, 5.41) is 13.2. The first-order valence-corrected chi connectivity index (χ1v) is 6.82. The summed E-state index contributed by atoms with van der Waals surface area (Å²) in [7, 11) is 0. The van der Waals surface area contributed by atoms with E-state index in [1.54, 1.807) is 6.07 Å². The Morgan fingerprint density at radius 3 is 2.67 bits per heavy atom. The van der Waals surface area contributed by atoms with Crippen LogP contribution in [0.25, 0.3) is 0 Å². The van der Waals surface area contributed by atoms with Crippen LogP contribution in [0.3, 0.4) is 0 Å². The van der Waals surface area contributed by atoms with Crippen molar-refractivity contribution in [2.24, 2.45) is 0 Å². The van der Waals surface area contributed by atoms with Gasteiger partial charge < -0.3 is 10.4 Å². The molecule has 98 valence electrons. The van der Waals surface area contributed by atoms with Gasteiger partial charge in [0, 0.05) is 11.1 Å². The molecular formula is C15H21NO2. The summed E-state index contributed by atoms with van der Waals surface area (Å²) in [6, 6.07) is 7.28. The molecule has 0 saturated carbocycles. The van der Waals surface area contributed by atoms with Crippen molar-refractivity contribution in [3.05, 3.63) is 35.4 Å². The Bertz CT molecular complexity index is 430. The number of benzene rings is 1. The molecule has 1 aromatic rings. The van der Waals surface area contributed by atoms with Crippen molar-refractivity contribution in [2.75, 3.05) is 0 Å². The van der Waals surface area contributed by atoms with E-state index in [0.717, 1.165) is 18.4 Å². The molecule has 0 saturated heterocycles. The molecule has 1 heterocycles. The van der Waals surface area contributed by atoms with Crippen molar-refractivity contribution in [1.29, 1.82) is 0 Å². The quantitative estimate of drug-likeness (QED) is 0.759. The Balaban J connectivity index is 1.98. The predicted octanol–water partition coefficient (Wildman–Crippen LogP) is 2.94. The highest BCUT2D eigenvalue weighted by atomic mass is 16.3. The number of carbonyl (C=O) groups excluding carboxylic acids is 1. The fourth-order valence-corrected chi connectivity index (χ4v) is 2.55. The van der Waals surface area contributed by atoms with Crippen molar-refractivity contribution in [1.82, 2.24) is 5.32 Å². The molecule has 0 radical (unpaired) electrons. The van der Waals surface area contributed by atoms with E-state index in [2.05, 4.69) is 12.2 Å². The van der Waals surface area contributed by atoms with Gasteiger partial charge in [-0.2, -0.15) is 0 Å². The van der Waals surface area contributed by atoms with Crippen LogP contribution in [0, 0.1) is 0 Å². The zero-order valence-corrected chi connectivity index (χ0v) is 10.9. The summed E-state index contributed by atoms with van der Waals surface area (Å²) in [6.45, 7) is 2.18. The van der Waals surface area contributed by atoms with Crippen LogP contribution in [-0.2, 0) is 5.72 Å². The molecule has 2 N–H and O–H groups in total. The molecular weight excluding hydrogens is 226 g/mol. The second-order valence-corrected chi connectivity index (χ2v) is 5.02. The van der Waals surface area contributed by atoms with E-state index in [1.807, 2.05) is 18.2 Å². The lowest BCUT2D eigenvalue weighted by molar-refractivity contribution is 0.00321. The van der Waals surface area contributed by atoms with Crippen molar-refractivity contribution in [2.45, 2.75) is 51.2 Å². The summed E-state index contributed by atoms with van der Waals surface area (Å²) < 4.78 is 0. The van der Waals surface area contributed by atoms with E-state index in [9.17, 15) is 9.90 Å². The molecule has 1 aliphatic heterocycles. The number of nitrogens with one attached hydrogen (secondary N) is 1. The lowest BCUT2D eigenvalue weighted by Crippen LogP contribution is -2.39. The molecule has 0 fully saturated rings. The van der Waals surface area contributed by atoms with E-state index in [1.165, 1.54) is 19.3 Å². The number of fused-ring (bicyclic) bond motifs is 1. The van der Waals surface area contributed by atoms with E-state index in [0.29, 0.717) is 12.0 Å². The minimum Gasteiger partial charge on any atom is -0.367 e. The zero-order valence-electron chi connectivity index (χ0n) is 10.9. The Morgan fingerprint density at radius 2 is 1.89 bits per heavy atom. The highest BCUT2D eigenvalue weighted by molar-refractivity contribution is 5.99. The molecule has 1 unspecified atom stereocenters. The maximum atomic E-state index is 11.7. The number of hydrogen-bond donors (Lipinski definition) is 2. The van der Waals surface area contributed by atoms with Crippen LogP contribution < -0.4 is 5.32 Å². The molecule has 3 heteroatoms. The first-order chi connectivity index (χ1) is 8.67. The molecule has 3 nitrogen and oxygen atoms in total. The minimum atomic E-state index is -1.15. The van der Waals surface area contributed by atoms with Crippen LogP contribution in [0.1, 0.15) is 61.4 Å². The molecule has 18 heavy (non-hydrogen) atoms. The SMILES string of the molecule is CCCCCCCC1(O)NC(=O)c2ccccc21. The van der Waals surface area contributed by atoms with Gasteiger partial charge in [0.2, 0.25) is 0 Å². The summed E-state index contributed by atoms with van der Waals surface area (Å²) in [5.74, 6) is -0.165. The number of amides is 1. The smallest absolute Gasteiger partial charge is 0.254 e. The maximum Gasteiger partial charge on any atom is 0.254 e. The fourth-order valence-electron chi connectivity index (χ4n) is 2.55. The average Bonchev–Trinajstić information content (AvgIpc) is 2.63. The van der Waals surface area contributed by atoms with E-state index >= 15 is 0 Å². The third-order valence-corrected chi connectivity index (χ3v) is 3.58. The number of rotatable bonds is 6. The largest absolute Gasteiger partial charge is 0.367 e. The van der Waals surface area contributed by atoms with Crippen LogP contribution in [0.15, 0.2) is 24.3 Å². The van der Waals surface area contributed by atoms with Crippen molar-refractivity contribution >= 4 is 5.91 Å². The number of unbranched alkanes of at least 4 members (excludes halogenated alkanes) is 4. The maximum absolute atomic E-state index is 11.7. The molecule has 0 aliphatic carbocycles. The summed E-state index contributed by atoms with van der Waals surface area (Å²) in [5.41, 5.74) is 0.180. The van der Waals surface area contributed by atoms with Crippen molar-refractivity contribution in [3.8, 4) is 0 Å². The lowest BCUT2D eigenvalue weighted by atomic mass is 9.96. The van der Waals surface area contributed by atoms with Gasteiger partial charge in [-0.3, -0.25) is 4.79 Å². The molecule has 1 aliphatic rings. The second kappa shape index (κ2) is 5.53. The van der Waals surface area contributed by atoms with E-state index in [4.69, 9.17) is 0 Å². The normalized spacial score (nSPS) is 21.8. The monoisotopic (exact) mass is 247 g/mol. The highest BCUT2D eigenvalue weighted by Crippen LogP contribution is 2.33. The van der Waals surface area contributed by atoms with Crippen LogP contribution >= 0.6 is 0 Å². The first kappa shape index (κ1) is 13.1. The molecule has 0 aromatic heterocycles. The van der Waals surface area contributed by atoms with Gasteiger partial charge in [-0.1, -0.05) is 50.8 Å². The zero-order chi connectivity index (χ0) is 13.0.